The zero-order valence-corrected chi connectivity index (χ0v) is 25.7. The molecule has 3 heteroatoms. The van der Waals surface area contributed by atoms with E-state index in [4.69, 9.17) is 0 Å². The number of unbranched alkanes of at least 4 members (excludes halogenated alkanes) is 6. The number of halogens is 1. The van der Waals surface area contributed by atoms with Gasteiger partial charge >= 0.3 is 218 Å². The fourth-order valence-electron chi connectivity index (χ4n) is 5.55. The Labute approximate surface area is 224 Å². The van der Waals surface area contributed by atoms with Crippen LogP contribution in [-0.4, -0.2) is 14.2 Å². The number of benzene rings is 3. The zero-order chi connectivity index (χ0) is 25.1. The number of rotatable bonds is 15. The van der Waals surface area contributed by atoms with Gasteiger partial charge in [-0.3, -0.25) is 0 Å². The predicted molar refractivity (Wildman–Crippen MR) is 169 cm³/mol. The van der Waals surface area contributed by atoms with Crippen molar-refractivity contribution in [2.75, 3.05) is 6.16 Å². The van der Waals surface area contributed by atoms with Crippen LogP contribution in [0.15, 0.2) is 91.0 Å². The minimum atomic E-state index is -2.73. The first-order valence-electron chi connectivity index (χ1n) is 13.8. The Morgan fingerprint density at radius 3 is 1.34 bits per heavy atom. The van der Waals surface area contributed by atoms with Crippen molar-refractivity contribution in [2.45, 2.75) is 83.5 Å². The fraction of sp³-hybridized carbons (Fsp3) is 0.438. The minimum absolute atomic E-state index is 0.948. The van der Waals surface area contributed by atoms with E-state index < -0.39 is 13.4 Å². The molecule has 0 amide bonds. The quantitative estimate of drug-likeness (QED) is 0.0971. The first-order valence-corrected chi connectivity index (χ1v) is 21.7. The molecule has 0 heterocycles. The summed E-state index contributed by atoms with van der Waals surface area (Å²) in [6, 6.07) is 36.7. The summed E-state index contributed by atoms with van der Waals surface area (Å²) in [6.45, 7) is 7.52. The fourth-order valence-corrected chi connectivity index (χ4v) is 16.1. The second kappa shape index (κ2) is 13.4. The van der Waals surface area contributed by atoms with Gasteiger partial charge in [-0.25, -0.2) is 0 Å². The summed E-state index contributed by atoms with van der Waals surface area (Å²) in [4.78, 5) is 0. The monoisotopic (exact) mass is 568 g/mol. The van der Waals surface area contributed by atoms with Crippen LogP contribution in [0, 0.1) is 0 Å². The van der Waals surface area contributed by atoms with Gasteiger partial charge in [-0.05, 0) is 0 Å². The Morgan fingerprint density at radius 1 is 0.543 bits per heavy atom. The van der Waals surface area contributed by atoms with E-state index >= 15 is 0 Å². The molecule has 3 aromatic rings. The van der Waals surface area contributed by atoms with Crippen LogP contribution in [0.5, 0.6) is 0 Å². The molecule has 0 saturated heterocycles. The molecular weight excluding hydrogens is 523 g/mol. The van der Waals surface area contributed by atoms with E-state index in [0.29, 0.717) is 0 Å². The van der Waals surface area contributed by atoms with Crippen LogP contribution < -0.4 is 15.9 Å². The third-order valence-corrected chi connectivity index (χ3v) is 21.2. The molecule has 0 aliphatic rings. The summed E-state index contributed by atoms with van der Waals surface area (Å²) in [6.07, 6.45) is 12.1. The van der Waals surface area contributed by atoms with Crippen molar-refractivity contribution in [3.8, 4) is 0 Å². The van der Waals surface area contributed by atoms with Gasteiger partial charge in [0.1, 0.15) is 0 Å². The van der Waals surface area contributed by atoms with Crippen molar-refractivity contribution in [1.82, 2.24) is 0 Å². The molecule has 0 aliphatic heterocycles. The Kier molecular flexibility index (Phi) is 10.8. The first-order chi connectivity index (χ1) is 16.9. The molecule has 0 radical (unpaired) electrons. The third kappa shape index (κ3) is 7.18. The van der Waals surface area contributed by atoms with E-state index in [-0.39, 0.29) is 0 Å². The summed E-state index contributed by atoms with van der Waals surface area (Å²) in [5.41, 5.74) is 0. The maximum absolute atomic E-state index is 4.59. The summed E-state index contributed by atoms with van der Waals surface area (Å²) < 4.78 is 0. The third-order valence-electron chi connectivity index (χ3n) is 7.77. The number of hydrogen-bond donors (Lipinski definition) is 0. The molecule has 0 atom stereocenters. The van der Waals surface area contributed by atoms with Crippen LogP contribution in [-0.2, 0) is 0 Å². The Hall–Kier alpha value is -1.21. The molecule has 0 unspecified atom stereocenters. The molecule has 0 saturated carbocycles. The molecule has 3 aromatic carbocycles. The molecule has 35 heavy (non-hydrogen) atoms. The molecule has 3 rings (SSSR count). The molecule has 0 bridgehead atoms. The van der Waals surface area contributed by atoms with Crippen LogP contribution >= 0.6 is 20.8 Å². The van der Waals surface area contributed by atoms with E-state index in [1.165, 1.54) is 85.5 Å². The van der Waals surface area contributed by atoms with Gasteiger partial charge in [-0.15, -0.1) is 0 Å². The summed E-state index contributed by atoms with van der Waals surface area (Å²) in [7, 11) is -0.948. The SMILES string of the molecule is CCCC[Si](C)(C)CCCCCCCCP(Br)(c1ccccc1)(c1ccccc1)c1ccccc1. The van der Waals surface area contributed by atoms with E-state index in [0.717, 1.165) is 0 Å². The average molecular weight is 570 g/mol. The molecular formula is C32H46BrPSi. The van der Waals surface area contributed by atoms with E-state index in [2.05, 4.69) is 127 Å². The van der Waals surface area contributed by atoms with Gasteiger partial charge in [-0.2, -0.15) is 0 Å². The standard InChI is InChI=1S/C32H46BrPSi/c1-4-5-28-35(2,3)29-20-9-7-6-8-19-27-34(33,30-21-13-10-14-22-30,31-23-15-11-16-24-31)32-25-17-12-18-26-32/h10-18,21-26H,4-9,19-20,27-29H2,1-3H3. The first kappa shape index (κ1) is 28.4. The predicted octanol–water partition coefficient (Wildman–Crippen LogP) is 9.68. The average Bonchev–Trinajstić information content (AvgIpc) is 2.90. The normalized spacial score (nSPS) is 13.3. The van der Waals surface area contributed by atoms with Gasteiger partial charge in [0, 0.05) is 0 Å². The van der Waals surface area contributed by atoms with Gasteiger partial charge in [0.2, 0.25) is 0 Å². The van der Waals surface area contributed by atoms with Crippen molar-refractivity contribution in [2.24, 2.45) is 0 Å². The topological polar surface area (TPSA) is 0 Å². The molecule has 0 nitrogen and oxygen atoms in total. The molecule has 0 fully saturated rings. The zero-order valence-electron chi connectivity index (χ0n) is 22.3. The molecule has 0 N–H and O–H groups in total. The van der Waals surface area contributed by atoms with Gasteiger partial charge in [-0.1, -0.05) is 6.92 Å². The van der Waals surface area contributed by atoms with Crippen molar-refractivity contribution in [3.05, 3.63) is 91.0 Å². The summed E-state index contributed by atoms with van der Waals surface area (Å²) in [5, 5.41) is 1.59. The van der Waals surface area contributed by atoms with Crippen LogP contribution in [0.3, 0.4) is 0 Å². The molecule has 0 aliphatic carbocycles. The Morgan fingerprint density at radius 2 is 0.914 bits per heavy atom. The number of hydrogen-bond acceptors (Lipinski definition) is 0. The van der Waals surface area contributed by atoms with Crippen LogP contribution in [0.1, 0.15) is 58.3 Å². The van der Waals surface area contributed by atoms with Crippen LogP contribution in [0.2, 0.25) is 25.2 Å². The Balaban J connectivity index is 1.70. The van der Waals surface area contributed by atoms with Crippen LogP contribution in [0.4, 0.5) is 0 Å². The van der Waals surface area contributed by atoms with Gasteiger partial charge in [0.25, 0.3) is 0 Å². The molecule has 0 spiro atoms. The molecule has 190 valence electrons. The van der Waals surface area contributed by atoms with Crippen molar-refractivity contribution < 1.29 is 0 Å². The van der Waals surface area contributed by atoms with Crippen molar-refractivity contribution in [3.63, 3.8) is 0 Å². The van der Waals surface area contributed by atoms with Crippen LogP contribution in [0.25, 0.3) is 0 Å². The second-order valence-electron chi connectivity index (χ2n) is 11.1. The summed E-state index contributed by atoms with van der Waals surface area (Å²) >= 11 is 4.59. The molecule has 0 aromatic heterocycles. The van der Waals surface area contributed by atoms with Crippen molar-refractivity contribution >= 4 is 44.8 Å². The van der Waals surface area contributed by atoms with E-state index in [9.17, 15) is 0 Å². The van der Waals surface area contributed by atoms with Gasteiger partial charge in [0.15, 0.2) is 0 Å². The maximum atomic E-state index is 4.59. The second-order valence-corrected chi connectivity index (χ2v) is 25.4. The van der Waals surface area contributed by atoms with E-state index in [1.54, 1.807) is 0 Å². The van der Waals surface area contributed by atoms with Gasteiger partial charge in [0.05, 0.1) is 0 Å². The summed E-state index contributed by atoms with van der Waals surface area (Å²) in [5.74, 6) is 0. The van der Waals surface area contributed by atoms with E-state index in [1.807, 2.05) is 0 Å². The van der Waals surface area contributed by atoms with Crippen molar-refractivity contribution in [1.29, 1.82) is 0 Å². The Bertz CT molecular complexity index is 888. The van der Waals surface area contributed by atoms with Gasteiger partial charge < -0.3 is 0 Å².